The number of Topliss-reactive ketones (excluding diaryl/α,β-unsaturated/α-hetero) is 1. The molecule has 0 spiro atoms. The summed E-state index contributed by atoms with van der Waals surface area (Å²) in [5.41, 5.74) is -0.674. The van der Waals surface area contributed by atoms with Gasteiger partial charge in [-0.2, -0.15) is 8.78 Å². The molecule has 0 atom stereocenters. The van der Waals surface area contributed by atoms with Crippen LogP contribution in [0.3, 0.4) is 0 Å². The number of halogens is 3. The van der Waals surface area contributed by atoms with Gasteiger partial charge in [-0.3, -0.25) is 4.79 Å². The van der Waals surface area contributed by atoms with Crippen LogP contribution in [-0.2, 0) is 20.8 Å². The minimum absolute atomic E-state index is 0.132. The van der Waals surface area contributed by atoms with Crippen molar-refractivity contribution < 1.29 is 37.4 Å². The van der Waals surface area contributed by atoms with E-state index in [1.165, 1.54) is 6.07 Å². The second-order valence-corrected chi connectivity index (χ2v) is 8.08. The molecular weight excluding hydrogens is 468 g/mol. The Morgan fingerprint density at radius 3 is 2.33 bits per heavy atom. The minimum atomic E-state index is -3.02. The topological polar surface area (TPSA) is 83.8 Å². The number of rotatable bonds is 7. The van der Waals surface area contributed by atoms with Gasteiger partial charge in [0.05, 0.1) is 6.61 Å². The maximum Gasteiger partial charge on any atom is 0.419 e. The van der Waals surface area contributed by atoms with Crippen molar-refractivity contribution in [2.75, 3.05) is 6.61 Å². The SMILES string of the molecule is CC(C)(C)OC(=O)n1cc(COC(F)F)cc1C(=O)OCC(=O)c1ccc(Br)cc1. The molecule has 1 aromatic heterocycles. The highest BCUT2D eigenvalue weighted by molar-refractivity contribution is 9.10. The molecule has 2 aromatic rings. The molecule has 0 radical (unpaired) electrons. The summed E-state index contributed by atoms with van der Waals surface area (Å²) in [5.74, 6) is -1.44. The molecule has 7 nitrogen and oxygen atoms in total. The van der Waals surface area contributed by atoms with Crippen LogP contribution in [0, 0.1) is 0 Å². The molecule has 0 aliphatic carbocycles. The maximum atomic E-state index is 12.5. The first-order valence-corrected chi connectivity index (χ1v) is 9.56. The van der Waals surface area contributed by atoms with Gasteiger partial charge in [0, 0.05) is 16.2 Å². The highest BCUT2D eigenvalue weighted by atomic mass is 79.9. The fourth-order valence-corrected chi connectivity index (χ4v) is 2.56. The Morgan fingerprint density at radius 2 is 1.77 bits per heavy atom. The van der Waals surface area contributed by atoms with Gasteiger partial charge >= 0.3 is 18.7 Å². The van der Waals surface area contributed by atoms with E-state index in [1.807, 2.05) is 0 Å². The van der Waals surface area contributed by atoms with Crippen LogP contribution in [-0.4, -0.2) is 41.2 Å². The first kappa shape index (κ1) is 23.7. The van der Waals surface area contributed by atoms with E-state index in [1.54, 1.807) is 45.0 Å². The van der Waals surface area contributed by atoms with Gasteiger partial charge in [-0.15, -0.1) is 0 Å². The summed E-state index contributed by atoms with van der Waals surface area (Å²) < 4.78 is 40.7. The number of hydrogen-bond acceptors (Lipinski definition) is 6. The lowest BCUT2D eigenvalue weighted by molar-refractivity contribution is -0.137. The Hall–Kier alpha value is -2.59. The van der Waals surface area contributed by atoms with Crippen molar-refractivity contribution in [2.24, 2.45) is 0 Å². The lowest BCUT2D eigenvalue weighted by Crippen LogP contribution is -2.29. The maximum absolute atomic E-state index is 12.5. The molecule has 0 N–H and O–H groups in total. The molecule has 162 valence electrons. The van der Waals surface area contributed by atoms with E-state index in [0.29, 0.717) is 5.56 Å². The molecule has 0 aliphatic rings. The smallest absolute Gasteiger partial charge is 0.419 e. The minimum Gasteiger partial charge on any atom is -0.453 e. The van der Waals surface area contributed by atoms with Crippen molar-refractivity contribution in [3.63, 3.8) is 0 Å². The molecule has 0 bridgehead atoms. The molecule has 0 unspecified atom stereocenters. The van der Waals surface area contributed by atoms with Crippen LogP contribution < -0.4 is 0 Å². The van der Waals surface area contributed by atoms with Gasteiger partial charge in [0.1, 0.15) is 11.3 Å². The number of carbonyl (C=O) groups is 3. The van der Waals surface area contributed by atoms with Crippen LogP contribution in [0.5, 0.6) is 0 Å². The van der Waals surface area contributed by atoms with Crippen LogP contribution in [0.25, 0.3) is 0 Å². The van der Waals surface area contributed by atoms with Crippen LogP contribution in [0.4, 0.5) is 13.6 Å². The third kappa shape index (κ3) is 7.03. The molecule has 30 heavy (non-hydrogen) atoms. The molecular formula is C20H20BrF2NO6. The molecule has 2 rings (SSSR count). The number of carbonyl (C=O) groups excluding carboxylic acids is 3. The average Bonchev–Trinajstić information content (AvgIpc) is 3.08. The largest absolute Gasteiger partial charge is 0.453 e. The van der Waals surface area contributed by atoms with Gasteiger partial charge in [-0.05, 0) is 44.5 Å². The first-order chi connectivity index (χ1) is 14.0. The summed E-state index contributed by atoms with van der Waals surface area (Å²) in [6.45, 7) is 0.765. The number of ether oxygens (including phenoxy) is 3. The Labute approximate surface area is 180 Å². The van der Waals surface area contributed by atoms with Crippen LogP contribution in [0.1, 0.15) is 47.2 Å². The zero-order chi connectivity index (χ0) is 22.5. The van der Waals surface area contributed by atoms with E-state index >= 15 is 0 Å². The van der Waals surface area contributed by atoms with E-state index in [9.17, 15) is 23.2 Å². The fraction of sp³-hybridized carbons (Fsp3) is 0.350. The summed E-state index contributed by atoms with van der Waals surface area (Å²) >= 11 is 3.25. The van der Waals surface area contributed by atoms with Gasteiger partial charge in [0.2, 0.25) is 0 Å². The van der Waals surface area contributed by atoms with Crippen LogP contribution >= 0.6 is 15.9 Å². The molecule has 0 saturated heterocycles. The second-order valence-electron chi connectivity index (χ2n) is 7.16. The number of ketones is 1. The van der Waals surface area contributed by atoms with Crippen molar-refractivity contribution in [3.8, 4) is 0 Å². The predicted molar refractivity (Wildman–Crippen MR) is 106 cm³/mol. The van der Waals surface area contributed by atoms with Crippen LogP contribution in [0.2, 0.25) is 0 Å². The van der Waals surface area contributed by atoms with E-state index in [4.69, 9.17) is 9.47 Å². The van der Waals surface area contributed by atoms with Crippen molar-refractivity contribution in [1.29, 1.82) is 0 Å². The quantitative estimate of drug-likeness (QED) is 0.411. The normalized spacial score (nSPS) is 11.4. The summed E-state index contributed by atoms with van der Waals surface area (Å²) in [6.07, 6.45) is 0.237. The average molecular weight is 488 g/mol. The van der Waals surface area contributed by atoms with Gasteiger partial charge in [-0.25, -0.2) is 14.2 Å². The van der Waals surface area contributed by atoms with E-state index < -0.39 is 43.3 Å². The highest BCUT2D eigenvalue weighted by Gasteiger charge is 2.25. The molecule has 0 saturated carbocycles. The summed E-state index contributed by atoms with van der Waals surface area (Å²) in [5, 5.41) is 0. The number of alkyl halides is 2. The fourth-order valence-electron chi connectivity index (χ4n) is 2.30. The summed E-state index contributed by atoms with van der Waals surface area (Å²) in [4.78, 5) is 37.1. The third-order valence-corrected chi connectivity index (χ3v) is 4.08. The highest BCUT2D eigenvalue weighted by Crippen LogP contribution is 2.17. The number of hydrogen-bond donors (Lipinski definition) is 0. The van der Waals surface area contributed by atoms with E-state index in [0.717, 1.165) is 15.2 Å². The summed E-state index contributed by atoms with van der Waals surface area (Å²) in [7, 11) is 0. The van der Waals surface area contributed by atoms with Crippen molar-refractivity contribution in [1.82, 2.24) is 4.57 Å². The zero-order valence-electron chi connectivity index (χ0n) is 16.5. The van der Waals surface area contributed by atoms with Crippen molar-refractivity contribution >= 4 is 33.8 Å². The van der Waals surface area contributed by atoms with Gasteiger partial charge in [-0.1, -0.05) is 28.1 Å². The van der Waals surface area contributed by atoms with E-state index in [2.05, 4.69) is 20.7 Å². The number of aromatic nitrogens is 1. The monoisotopic (exact) mass is 487 g/mol. The lowest BCUT2D eigenvalue weighted by Gasteiger charge is -2.20. The zero-order valence-corrected chi connectivity index (χ0v) is 18.1. The lowest BCUT2D eigenvalue weighted by atomic mass is 10.1. The molecule has 0 fully saturated rings. The molecule has 0 aliphatic heterocycles. The predicted octanol–water partition coefficient (Wildman–Crippen LogP) is 4.81. The van der Waals surface area contributed by atoms with Crippen molar-refractivity contribution in [2.45, 2.75) is 39.6 Å². The molecule has 0 amide bonds. The third-order valence-electron chi connectivity index (χ3n) is 3.55. The van der Waals surface area contributed by atoms with E-state index in [-0.39, 0.29) is 11.3 Å². The molecule has 10 heteroatoms. The second kappa shape index (κ2) is 9.94. The Balaban J connectivity index is 2.17. The Morgan fingerprint density at radius 1 is 1.13 bits per heavy atom. The number of esters is 1. The summed E-state index contributed by atoms with van der Waals surface area (Å²) in [6, 6.07) is 7.61. The van der Waals surface area contributed by atoms with Gasteiger partial charge in [0.25, 0.3) is 0 Å². The van der Waals surface area contributed by atoms with Crippen LogP contribution in [0.15, 0.2) is 41.0 Å². The number of nitrogens with zero attached hydrogens (tertiary/aromatic N) is 1. The Kier molecular flexibility index (Phi) is 7.85. The van der Waals surface area contributed by atoms with Gasteiger partial charge < -0.3 is 14.2 Å². The van der Waals surface area contributed by atoms with Gasteiger partial charge in [0.15, 0.2) is 12.4 Å². The first-order valence-electron chi connectivity index (χ1n) is 8.76. The Bertz CT molecular complexity index is 918. The van der Waals surface area contributed by atoms with Crippen molar-refractivity contribution in [3.05, 3.63) is 57.8 Å². The standard InChI is InChI=1S/C20H20BrF2NO6/c1-20(2,3)30-19(27)24-9-12(10-29-18(22)23)8-15(24)17(26)28-11-16(25)13-4-6-14(21)7-5-13/h4-9,18H,10-11H2,1-3H3. The molecule has 1 heterocycles. The molecule has 1 aromatic carbocycles. The number of benzene rings is 1.